The zero-order valence-corrected chi connectivity index (χ0v) is 11.2. The molecule has 0 bridgehead atoms. The van der Waals surface area contributed by atoms with Gasteiger partial charge in [0.2, 0.25) is 0 Å². The van der Waals surface area contributed by atoms with E-state index in [1.807, 2.05) is 24.4 Å². The Balaban J connectivity index is 2.09. The second-order valence-corrected chi connectivity index (χ2v) is 4.92. The van der Waals surface area contributed by atoms with Crippen LogP contribution in [-0.4, -0.2) is 16.1 Å². The minimum atomic E-state index is -0.982. The lowest BCUT2D eigenvalue weighted by molar-refractivity contribution is -0.131. The van der Waals surface area contributed by atoms with Crippen LogP contribution in [0.5, 0.6) is 5.75 Å². The molecule has 0 atom stereocenters. The molecule has 4 nitrogen and oxygen atoms in total. The fraction of sp³-hybridized carbons (Fsp3) is 0.143. The highest BCUT2D eigenvalue weighted by Gasteiger charge is 2.03. The van der Waals surface area contributed by atoms with E-state index in [2.05, 4.69) is 4.98 Å². The number of hydrogen-bond donors (Lipinski definition) is 1. The van der Waals surface area contributed by atoms with E-state index >= 15 is 0 Å². The van der Waals surface area contributed by atoms with Gasteiger partial charge in [0, 0.05) is 17.0 Å². The summed E-state index contributed by atoms with van der Waals surface area (Å²) in [5, 5.41) is 11.6. The second-order valence-electron chi connectivity index (χ2n) is 3.86. The molecular formula is C14H13NO3S. The molecular weight excluding hydrogens is 262 g/mol. The van der Waals surface area contributed by atoms with Crippen LogP contribution in [0.15, 0.2) is 35.7 Å². The number of hydrogen-bond acceptors (Lipinski definition) is 4. The standard InChI is InChI=1S/C14H13NO3S/c1-10-15-12(9-19-10)8-18-13-5-3-2-4-11(13)6-7-14(16)17/h2-7,9H,8H2,1H3,(H,16,17). The van der Waals surface area contributed by atoms with Gasteiger partial charge >= 0.3 is 5.97 Å². The quantitative estimate of drug-likeness (QED) is 0.852. The zero-order chi connectivity index (χ0) is 13.7. The van der Waals surface area contributed by atoms with Crippen molar-refractivity contribution in [3.63, 3.8) is 0 Å². The Labute approximate surface area is 115 Å². The molecule has 0 amide bonds. The molecule has 1 N–H and O–H groups in total. The van der Waals surface area contributed by atoms with Crippen LogP contribution in [0.2, 0.25) is 0 Å². The van der Waals surface area contributed by atoms with Crippen molar-refractivity contribution in [3.05, 3.63) is 52.0 Å². The number of carbonyl (C=O) groups is 1. The third-order valence-electron chi connectivity index (χ3n) is 2.37. The van der Waals surface area contributed by atoms with Crippen molar-refractivity contribution in [2.45, 2.75) is 13.5 Å². The number of carboxylic acid groups (broad SMARTS) is 1. The van der Waals surface area contributed by atoms with E-state index in [0.29, 0.717) is 12.4 Å². The van der Waals surface area contributed by atoms with Gasteiger partial charge in [-0.1, -0.05) is 18.2 Å². The number of ether oxygens (including phenoxy) is 1. The Morgan fingerprint density at radius 3 is 2.95 bits per heavy atom. The highest BCUT2D eigenvalue weighted by molar-refractivity contribution is 7.09. The lowest BCUT2D eigenvalue weighted by Gasteiger charge is -2.07. The van der Waals surface area contributed by atoms with Crippen molar-refractivity contribution >= 4 is 23.4 Å². The molecule has 0 saturated heterocycles. The van der Waals surface area contributed by atoms with E-state index in [1.165, 1.54) is 6.08 Å². The monoisotopic (exact) mass is 275 g/mol. The van der Waals surface area contributed by atoms with E-state index in [9.17, 15) is 4.79 Å². The predicted molar refractivity (Wildman–Crippen MR) is 74.3 cm³/mol. The highest BCUT2D eigenvalue weighted by atomic mass is 32.1. The van der Waals surface area contributed by atoms with E-state index in [-0.39, 0.29) is 0 Å². The minimum absolute atomic E-state index is 0.377. The SMILES string of the molecule is Cc1nc(COc2ccccc2C=CC(=O)O)cs1. The molecule has 1 aromatic heterocycles. The molecule has 2 aromatic rings. The number of nitrogens with zero attached hydrogens (tertiary/aromatic N) is 1. The molecule has 2 rings (SSSR count). The van der Waals surface area contributed by atoms with E-state index in [1.54, 1.807) is 23.5 Å². The topological polar surface area (TPSA) is 59.4 Å². The fourth-order valence-electron chi connectivity index (χ4n) is 1.54. The van der Waals surface area contributed by atoms with Crippen LogP contribution < -0.4 is 4.74 Å². The number of rotatable bonds is 5. The maximum atomic E-state index is 10.5. The summed E-state index contributed by atoms with van der Waals surface area (Å²) >= 11 is 1.58. The van der Waals surface area contributed by atoms with Gasteiger partial charge in [0.25, 0.3) is 0 Å². The second kappa shape index (κ2) is 6.15. The van der Waals surface area contributed by atoms with Crippen LogP contribution in [0.4, 0.5) is 0 Å². The summed E-state index contributed by atoms with van der Waals surface area (Å²) in [6.45, 7) is 2.32. The first-order valence-electron chi connectivity index (χ1n) is 5.69. The van der Waals surface area contributed by atoms with Crippen molar-refractivity contribution < 1.29 is 14.6 Å². The van der Waals surface area contributed by atoms with Gasteiger partial charge in [-0.15, -0.1) is 11.3 Å². The number of carboxylic acids is 1. The van der Waals surface area contributed by atoms with Gasteiger partial charge in [-0.2, -0.15) is 0 Å². The molecule has 0 unspecified atom stereocenters. The molecule has 0 aliphatic rings. The molecule has 1 aromatic carbocycles. The maximum Gasteiger partial charge on any atom is 0.328 e. The molecule has 0 fully saturated rings. The summed E-state index contributed by atoms with van der Waals surface area (Å²) in [5.41, 5.74) is 1.61. The molecule has 0 saturated carbocycles. The van der Waals surface area contributed by atoms with Crippen molar-refractivity contribution in [3.8, 4) is 5.75 Å². The van der Waals surface area contributed by atoms with Gasteiger partial charge in [0.05, 0.1) is 10.7 Å². The molecule has 1 heterocycles. The van der Waals surface area contributed by atoms with E-state index in [4.69, 9.17) is 9.84 Å². The third kappa shape index (κ3) is 3.93. The van der Waals surface area contributed by atoms with Crippen LogP contribution in [0.1, 0.15) is 16.3 Å². The van der Waals surface area contributed by atoms with Gasteiger partial charge in [-0.25, -0.2) is 9.78 Å². The number of aromatic nitrogens is 1. The number of aryl methyl sites for hydroxylation is 1. The Morgan fingerprint density at radius 1 is 1.47 bits per heavy atom. The van der Waals surface area contributed by atoms with Crippen molar-refractivity contribution in [2.24, 2.45) is 0 Å². The van der Waals surface area contributed by atoms with Crippen molar-refractivity contribution in [1.82, 2.24) is 4.98 Å². The Kier molecular flexibility index (Phi) is 4.30. The van der Waals surface area contributed by atoms with Crippen LogP contribution >= 0.6 is 11.3 Å². The molecule has 0 radical (unpaired) electrons. The van der Waals surface area contributed by atoms with Crippen molar-refractivity contribution in [2.75, 3.05) is 0 Å². The lowest BCUT2D eigenvalue weighted by atomic mass is 10.2. The fourth-order valence-corrected chi connectivity index (χ4v) is 2.13. The predicted octanol–water partition coefficient (Wildman–Crippen LogP) is 3.13. The van der Waals surface area contributed by atoms with Crippen LogP contribution in [-0.2, 0) is 11.4 Å². The first kappa shape index (κ1) is 13.3. The first-order chi connectivity index (χ1) is 9.15. The Bertz CT molecular complexity index is 604. The van der Waals surface area contributed by atoms with Crippen LogP contribution in [0.3, 0.4) is 0 Å². The molecule has 0 aliphatic carbocycles. The first-order valence-corrected chi connectivity index (χ1v) is 6.57. The maximum absolute atomic E-state index is 10.5. The van der Waals surface area contributed by atoms with E-state index in [0.717, 1.165) is 22.3 Å². The average molecular weight is 275 g/mol. The molecule has 5 heteroatoms. The largest absolute Gasteiger partial charge is 0.487 e. The normalized spacial score (nSPS) is 10.8. The Morgan fingerprint density at radius 2 is 2.26 bits per heavy atom. The Hall–Kier alpha value is -2.14. The number of aliphatic carboxylic acids is 1. The minimum Gasteiger partial charge on any atom is -0.487 e. The van der Waals surface area contributed by atoms with Gasteiger partial charge in [0.1, 0.15) is 12.4 Å². The average Bonchev–Trinajstić information content (AvgIpc) is 2.80. The summed E-state index contributed by atoms with van der Waals surface area (Å²) in [4.78, 5) is 14.8. The molecule has 98 valence electrons. The van der Waals surface area contributed by atoms with Crippen LogP contribution in [0, 0.1) is 6.92 Å². The van der Waals surface area contributed by atoms with Crippen molar-refractivity contribution in [1.29, 1.82) is 0 Å². The summed E-state index contributed by atoms with van der Waals surface area (Å²) in [7, 11) is 0. The highest BCUT2D eigenvalue weighted by Crippen LogP contribution is 2.21. The lowest BCUT2D eigenvalue weighted by Crippen LogP contribution is -1.97. The summed E-state index contributed by atoms with van der Waals surface area (Å²) in [6, 6.07) is 7.29. The number of para-hydroxylation sites is 1. The number of thiazole rings is 1. The van der Waals surface area contributed by atoms with Gasteiger partial charge in [-0.3, -0.25) is 0 Å². The smallest absolute Gasteiger partial charge is 0.328 e. The number of benzene rings is 1. The van der Waals surface area contributed by atoms with Gasteiger partial charge in [0.15, 0.2) is 0 Å². The summed E-state index contributed by atoms with van der Waals surface area (Å²) < 4.78 is 5.67. The van der Waals surface area contributed by atoms with Gasteiger partial charge < -0.3 is 9.84 Å². The molecule has 0 aliphatic heterocycles. The molecule has 19 heavy (non-hydrogen) atoms. The summed E-state index contributed by atoms with van der Waals surface area (Å²) in [5.74, 6) is -0.337. The molecule has 0 spiro atoms. The van der Waals surface area contributed by atoms with Gasteiger partial charge in [-0.05, 0) is 19.1 Å². The third-order valence-corrected chi connectivity index (χ3v) is 3.19. The van der Waals surface area contributed by atoms with E-state index < -0.39 is 5.97 Å². The summed E-state index contributed by atoms with van der Waals surface area (Å²) in [6.07, 6.45) is 2.61. The van der Waals surface area contributed by atoms with Crippen LogP contribution in [0.25, 0.3) is 6.08 Å². The zero-order valence-electron chi connectivity index (χ0n) is 10.4.